The number of nitrogens with one attached hydrogen (secondary N) is 13. The maximum absolute atomic E-state index is 10.3. The summed E-state index contributed by atoms with van der Waals surface area (Å²) in [6, 6.07) is 0. The van der Waals surface area contributed by atoms with Crippen molar-refractivity contribution in [1.82, 2.24) is 69.8 Å². The van der Waals surface area contributed by atoms with Crippen LogP contribution in [0.25, 0.3) is 0 Å². The van der Waals surface area contributed by atoms with Crippen molar-refractivity contribution in [3.05, 3.63) is 12.2 Å². The van der Waals surface area contributed by atoms with Gasteiger partial charge in [0.25, 0.3) is 5.91 Å². The number of morpholine rings is 2. The number of alkyl carbamates (subject to hydrolysis) is 1. The second kappa shape index (κ2) is 188. The molecule has 862 valence electrons. The summed E-state index contributed by atoms with van der Waals surface area (Å²) < 4.78 is 57.3. The summed E-state index contributed by atoms with van der Waals surface area (Å²) in [5, 5.41) is 26.5. The van der Waals surface area contributed by atoms with Gasteiger partial charge in [0.2, 0.25) is 35.4 Å². The first-order valence-electron chi connectivity index (χ1n) is 53.3. The Bertz CT molecular complexity index is 2130. The van der Waals surface area contributed by atoms with E-state index in [0.29, 0.717) is 97.5 Å². The van der Waals surface area contributed by atoms with E-state index < -0.39 is 0 Å². The summed E-state index contributed by atoms with van der Waals surface area (Å²) in [5.74, 6) is 9.06. The number of amides is 8. The largest absolute Gasteiger partial charge is 0.466 e. The highest BCUT2D eigenvalue weighted by Crippen LogP contribution is 2.15. The number of hydrogen-bond donors (Lipinski definition) is 13. The topological polar surface area (TPSA) is 463 Å². The zero-order valence-electron chi connectivity index (χ0n) is 96.5. The second-order valence-corrected chi connectivity index (χ2v) is 28.1. The van der Waals surface area contributed by atoms with E-state index in [1.807, 2.05) is 259 Å². The van der Waals surface area contributed by atoms with Crippen molar-refractivity contribution < 1.29 is 105 Å². The van der Waals surface area contributed by atoms with Gasteiger partial charge in [-0.25, -0.2) is 31.3 Å². The molecule has 0 atom stereocenters. The molecular formula is C100H219N15O22S6. The summed E-state index contributed by atoms with van der Waals surface area (Å²) in [7, 11) is 0. The molecule has 0 bridgehead atoms. The van der Waals surface area contributed by atoms with Gasteiger partial charge in [-0.1, -0.05) is 266 Å². The molecule has 17 aliphatic heterocycles. The number of nitrogens with zero attached hydrogens (tertiary/aromatic N) is 2. The summed E-state index contributed by atoms with van der Waals surface area (Å²) in [5.41, 5.74) is 14.8. The van der Waals surface area contributed by atoms with Crippen LogP contribution in [0, 0.1) is 0 Å². The Labute approximate surface area is 900 Å². The number of piperazine rings is 1. The number of thiocarbonyl (C=S) groups is 2. The number of carbonyl (C=O) groups is 10. The van der Waals surface area contributed by atoms with Gasteiger partial charge in [-0.3, -0.25) is 49.2 Å². The van der Waals surface area contributed by atoms with Gasteiger partial charge >= 0.3 is 18.0 Å². The molecule has 17 heterocycles. The third-order valence-electron chi connectivity index (χ3n) is 13.2. The number of esters is 2. The molecule has 17 aliphatic rings. The van der Waals surface area contributed by atoms with Crippen molar-refractivity contribution >= 4 is 153 Å². The zero-order chi connectivity index (χ0) is 113. The summed E-state index contributed by atoms with van der Waals surface area (Å²) in [6.45, 7) is 88.6. The van der Waals surface area contributed by atoms with Crippen molar-refractivity contribution in [2.24, 2.45) is 10.2 Å². The Hall–Kier alpha value is -5.72. The van der Waals surface area contributed by atoms with Gasteiger partial charge in [0, 0.05) is 113 Å². The molecule has 0 aromatic heterocycles. The van der Waals surface area contributed by atoms with Crippen LogP contribution in [0.15, 0.2) is 22.4 Å². The fourth-order valence-corrected chi connectivity index (χ4v) is 11.2. The third-order valence-corrected chi connectivity index (χ3v) is 17.6. The fraction of sp³-hybridized carbons (Fsp3) is 0.840. The predicted molar refractivity (Wildman–Crippen MR) is 619 cm³/mol. The Kier molecular flexibility index (Phi) is 231. The van der Waals surface area contributed by atoms with Gasteiger partial charge in [0.1, 0.15) is 38.2 Å². The lowest BCUT2D eigenvalue weighted by Crippen LogP contribution is -2.44. The first-order chi connectivity index (χ1) is 70.2. The molecular weight excluding hydrogens is 1960 g/mol. The van der Waals surface area contributed by atoms with E-state index in [-0.39, 0.29) is 72.6 Å². The third kappa shape index (κ3) is 185. The highest BCUT2D eigenvalue weighted by Gasteiger charge is 2.12. The molecule has 13 N–H and O–H groups in total. The first-order valence-corrected chi connectivity index (χ1v) is 58.8. The Morgan fingerprint density at radius 2 is 0.783 bits per heavy atom. The standard InChI is InChI=1S/C5H9NS.C5H8O2.2C4H8N2O.2C4H6N2O.C4H7NO2.2C4H7NOS.C4H6O3.C4H8O2.C4H8OS.C4H8S.C3H4N2O.C3H5NO2.C3H6O2.C3H6OS.17C2H6/c7-5-3-1-2-4-6-5;6-5-3-1-2-4-7-5;7-4-3-5-1-2-6-4;3*7-4-2-1-3-5-6-4;2*6-4-3-7-2-1-5-4;7-4-3-6-2-1-5-4;5-4-3-6-1-2-7-4;1-2-6-4-3-5-1;1-3-6-4-2-5-1;1-2-4-5-3-1;6-3-1-2-4-5-3;5-3-4-1-2-6-3;2*1-2-5-3-4-1;17*1-2/h1-4H2,(H,6,7);1-4H2;2*5H,1-3H2,(H,6,7);3H,1-2H2,(H,6,7);1-2,5H,3H2,(H,6,7);2*1-3H2,(H,5,6);1-3H2,(H,5,7);1-3H2;2*1-4H2;1-4H2;2H,1H2,(H,5,6);1-2H2,(H,4,5);2*1-3H2;17*1-2H3. The molecule has 14 saturated heterocycles. The van der Waals surface area contributed by atoms with Gasteiger partial charge in [0.05, 0.1) is 129 Å². The highest BCUT2D eigenvalue weighted by atomic mass is 32.2. The van der Waals surface area contributed by atoms with Crippen molar-refractivity contribution in [2.45, 2.75) is 319 Å². The number of hydrogen-bond acceptors (Lipinski definition) is 33. The van der Waals surface area contributed by atoms with Crippen molar-refractivity contribution in [3.8, 4) is 0 Å². The molecule has 143 heavy (non-hydrogen) atoms. The van der Waals surface area contributed by atoms with Crippen molar-refractivity contribution in [1.29, 1.82) is 0 Å². The van der Waals surface area contributed by atoms with Gasteiger partial charge < -0.3 is 94.1 Å². The lowest BCUT2D eigenvalue weighted by Gasteiger charge is -2.13. The van der Waals surface area contributed by atoms with E-state index in [2.05, 4.69) is 106 Å². The number of thioether (sulfide) groups is 4. The van der Waals surface area contributed by atoms with E-state index in [9.17, 15) is 47.9 Å². The van der Waals surface area contributed by atoms with Crippen molar-refractivity contribution in [3.63, 3.8) is 0 Å². The maximum Gasteiger partial charge on any atom is 0.407 e. The molecule has 0 aromatic carbocycles. The predicted octanol–water partition coefficient (Wildman–Crippen LogP) is 17.1. The number of cyclic esters (lactones) is 3. The lowest BCUT2D eigenvalue weighted by atomic mass is 10.2. The molecule has 0 radical (unpaired) electrons. The number of hydrazone groups is 2. The average Bonchev–Trinajstić information content (AvgIpc) is 1.99. The Morgan fingerprint density at radius 1 is 0.301 bits per heavy atom. The number of carbonyl (C=O) groups excluding carboxylic acids is 10. The maximum atomic E-state index is 10.3. The molecule has 0 aromatic rings. The minimum absolute atomic E-state index is 0.00810. The summed E-state index contributed by atoms with van der Waals surface area (Å²) >= 11 is 17.3. The molecule has 0 unspecified atom stereocenters. The number of ether oxygens (including phenoxy) is 12. The molecule has 37 nitrogen and oxygen atoms in total. The van der Waals surface area contributed by atoms with E-state index in [1.165, 1.54) is 60.5 Å². The van der Waals surface area contributed by atoms with E-state index >= 15 is 0 Å². The van der Waals surface area contributed by atoms with Crippen LogP contribution in [0.5, 0.6) is 0 Å². The number of hydrazine groups is 2. The monoisotopic (exact) mass is 2170 g/mol. The van der Waals surface area contributed by atoms with Crippen molar-refractivity contribution in [2.75, 3.05) is 237 Å². The smallest absolute Gasteiger partial charge is 0.407 e. The van der Waals surface area contributed by atoms with Gasteiger partial charge in [-0.05, 0) is 69.3 Å². The van der Waals surface area contributed by atoms with Crippen LogP contribution in [0.1, 0.15) is 319 Å². The normalized spacial score (nSPS) is 17.1. The molecule has 8 amide bonds. The second-order valence-electron chi connectivity index (χ2n) is 22.5. The lowest BCUT2D eigenvalue weighted by molar-refractivity contribution is -0.159. The quantitative estimate of drug-likeness (QED) is 0.0608. The van der Waals surface area contributed by atoms with Gasteiger partial charge in [-0.2, -0.15) is 45.5 Å². The van der Waals surface area contributed by atoms with Gasteiger partial charge in [-0.15, -0.1) is 11.8 Å². The van der Waals surface area contributed by atoms with Crippen LogP contribution in [0.3, 0.4) is 0 Å². The number of piperidine rings is 1. The molecule has 14 fully saturated rings. The molecule has 0 spiro atoms. The first kappa shape index (κ1) is 176. The average molecular weight is 2180 g/mol. The molecule has 0 saturated carbocycles. The Morgan fingerprint density at radius 3 is 0.965 bits per heavy atom. The summed E-state index contributed by atoms with van der Waals surface area (Å²) in [4.78, 5) is 104. The van der Waals surface area contributed by atoms with Gasteiger partial charge in [0.15, 0.2) is 0 Å². The van der Waals surface area contributed by atoms with E-state index in [0.717, 1.165) is 166 Å². The fourth-order valence-electron chi connectivity index (χ4n) is 7.78. The van der Waals surface area contributed by atoms with E-state index in [4.69, 9.17) is 67.1 Å². The van der Waals surface area contributed by atoms with Crippen LogP contribution in [0.2, 0.25) is 0 Å². The zero-order valence-corrected chi connectivity index (χ0v) is 101. The van der Waals surface area contributed by atoms with Crippen LogP contribution in [0.4, 0.5) is 4.79 Å². The minimum atomic E-state index is -0.296. The molecule has 43 heteroatoms. The Balaban J connectivity index is -0.0000000772. The molecule has 17 rings (SSSR count). The summed E-state index contributed by atoms with van der Waals surface area (Å²) in [6.07, 6.45) is 18.9. The van der Waals surface area contributed by atoms with Crippen LogP contribution >= 0.6 is 71.5 Å². The SMILES string of the molecule is C1CCSC1.C1COCCO1.C1COCO1.C1CSCCO1.C1CSCO1.CC.CC.CC.CC.CC.CC.CC.CC.CC.CC.CC.CC.CC.CC.CC.CC.CC.O=C1C=CCNN1.O=C1CC=NN1.O=C1CCC=NN1.O=C1CCCCO1.O=C1CCCNN1.O=C1CNCCN1.O=C1COCCN1.O=C1COCCO1.O=C1CSCCN1.O=C1NCCO1.S=C1CCCCN1.S=C1COCCN1. The number of rotatable bonds is 0. The minimum Gasteiger partial charge on any atom is -0.466 e. The van der Waals surface area contributed by atoms with Crippen LogP contribution < -0.4 is 69.8 Å². The van der Waals surface area contributed by atoms with Crippen LogP contribution in [-0.4, -0.2) is 319 Å². The highest BCUT2D eigenvalue weighted by molar-refractivity contribution is 8.00. The van der Waals surface area contributed by atoms with E-state index in [1.54, 1.807) is 30.3 Å². The molecule has 0 aliphatic carbocycles. The van der Waals surface area contributed by atoms with Crippen LogP contribution in [-0.2, 0) is 100.0 Å².